The second kappa shape index (κ2) is 5.65. The number of benzene rings is 1. The Morgan fingerprint density at radius 1 is 1.00 bits per heavy atom. The zero-order valence-corrected chi connectivity index (χ0v) is 10.9. The molecule has 0 radical (unpaired) electrons. The van der Waals surface area contributed by atoms with Gasteiger partial charge in [-0.3, -0.25) is 4.98 Å². The van der Waals surface area contributed by atoms with Crippen molar-refractivity contribution < 1.29 is 9.47 Å². The van der Waals surface area contributed by atoms with Gasteiger partial charge in [-0.15, -0.1) is 0 Å². The van der Waals surface area contributed by atoms with E-state index in [-0.39, 0.29) is 6.79 Å². The van der Waals surface area contributed by atoms with E-state index < -0.39 is 0 Å². The summed E-state index contributed by atoms with van der Waals surface area (Å²) in [7, 11) is 1.62. The number of rotatable bonds is 4. The average molecular weight is 243 g/mol. The quantitative estimate of drug-likeness (QED) is 0.772. The first kappa shape index (κ1) is 12.6. The van der Waals surface area contributed by atoms with Crippen LogP contribution < -0.4 is 4.74 Å². The highest BCUT2D eigenvalue weighted by atomic mass is 16.7. The van der Waals surface area contributed by atoms with Gasteiger partial charge in [-0.05, 0) is 60.4 Å². The maximum Gasteiger partial charge on any atom is 0.188 e. The molecule has 0 aliphatic rings. The smallest absolute Gasteiger partial charge is 0.188 e. The van der Waals surface area contributed by atoms with Crippen molar-refractivity contribution in [3.8, 4) is 16.9 Å². The molecule has 94 valence electrons. The molecule has 3 nitrogen and oxygen atoms in total. The van der Waals surface area contributed by atoms with Crippen LogP contribution in [0.5, 0.6) is 5.75 Å². The lowest BCUT2D eigenvalue weighted by Gasteiger charge is -2.13. The van der Waals surface area contributed by atoms with Crippen LogP contribution >= 0.6 is 0 Å². The summed E-state index contributed by atoms with van der Waals surface area (Å²) in [5.74, 6) is 0.898. The Hall–Kier alpha value is -1.87. The fourth-order valence-electron chi connectivity index (χ4n) is 2.01. The average Bonchev–Trinajstić information content (AvgIpc) is 2.39. The molecule has 2 rings (SSSR count). The van der Waals surface area contributed by atoms with E-state index in [1.165, 1.54) is 5.56 Å². The van der Waals surface area contributed by atoms with Crippen LogP contribution in [0.3, 0.4) is 0 Å². The minimum Gasteiger partial charge on any atom is -0.467 e. The van der Waals surface area contributed by atoms with Gasteiger partial charge in [-0.1, -0.05) is 0 Å². The number of aryl methyl sites for hydroxylation is 2. The minimum absolute atomic E-state index is 0.274. The maximum absolute atomic E-state index is 5.57. The summed E-state index contributed by atoms with van der Waals surface area (Å²) in [4.78, 5) is 4.03. The van der Waals surface area contributed by atoms with Gasteiger partial charge >= 0.3 is 0 Å². The number of nitrogens with zero attached hydrogens (tertiary/aromatic N) is 1. The second-order valence-electron chi connectivity index (χ2n) is 4.23. The number of methoxy groups -OCH3 is 1. The van der Waals surface area contributed by atoms with Gasteiger partial charge in [0.05, 0.1) is 0 Å². The number of ether oxygens (including phenoxy) is 2. The third kappa shape index (κ3) is 2.68. The molecule has 0 amide bonds. The third-order valence-corrected chi connectivity index (χ3v) is 2.80. The number of aromatic nitrogens is 1. The largest absolute Gasteiger partial charge is 0.467 e. The Balaban J connectivity index is 2.36. The van der Waals surface area contributed by atoms with Crippen molar-refractivity contribution in [2.75, 3.05) is 13.9 Å². The summed E-state index contributed by atoms with van der Waals surface area (Å²) >= 11 is 0. The summed E-state index contributed by atoms with van der Waals surface area (Å²) in [6.07, 6.45) is 3.60. The van der Waals surface area contributed by atoms with E-state index in [2.05, 4.69) is 17.1 Å². The van der Waals surface area contributed by atoms with E-state index in [4.69, 9.17) is 9.47 Å². The van der Waals surface area contributed by atoms with E-state index in [9.17, 15) is 0 Å². The molecule has 18 heavy (non-hydrogen) atoms. The van der Waals surface area contributed by atoms with Crippen molar-refractivity contribution in [1.29, 1.82) is 0 Å². The standard InChI is InChI=1S/C15H17NO2/c1-11-8-14(13-4-6-16-7-5-13)9-12(2)15(11)18-10-17-3/h4-9H,10H2,1-3H3. The third-order valence-electron chi connectivity index (χ3n) is 2.80. The van der Waals surface area contributed by atoms with E-state index >= 15 is 0 Å². The van der Waals surface area contributed by atoms with Crippen molar-refractivity contribution in [2.45, 2.75) is 13.8 Å². The van der Waals surface area contributed by atoms with Gasteiger partial charge in [-0.25, -0.2) is 0 Å². The monoisotopic (exact) mass is 243 g/mol. The van der Waals surface area contributed by atoms with Crippen LogP contribution in [0.15, 0.2) is 36.7 Å². The zero-order valence-electron chi connectivity index (χ0n) is 10.9. The second-order valence-corrected chi connectivity index (χ2v) is 4.23. The van der Waals surface area contributed by atoms with Crippen molar-refractivity contribution in [3.05, 3.63) is 47.8 Å². The normalized spacial score (nSPS) is 10.4. The van der Waals surface area contributed by atoms with E-state index in [0.29, 0.717) is 0 Å². The van der Waals surface area contributed by atoms with Crippen LogP contribution in [0.25, 0.3) is 11.1 Å². The summed E-state index contributed by atoms with van der Waals surface area (Å²) in [5.41, 5.74) is 4.56. The molecule has 0 spiro atoms. The van der Waals surface area contributed by atoms with Crippen LogP contribution in [0, 0.1) is 13.8 Å². The van der Waals surface area contributed by atoms with Crippen LogP contribution in [0.2, 0.25) is 0 Å². The molecule has 0 fully saturated rings. The molecule has 1 aromatic heterocycles. The highest BCUT2D eigenvalue weighted by molar-refractivity contribution is 5.66. The SMILES string of the molecule is COCOc1c(C)cc(-c2ccncc2)cc1C. The molecule has 1 heterocycles. The van der Waals surface area contributed by atoms with Gasteiger partial charge in [0.15, 0.2) is 6.79 Å². The molecule has 0 atom stereocenters. The topological polar surface area (TPSA) is 31.4 Å². The van der Waals surface area contributed by atoms with Crippen molar-refractivity contribution in [1.82, 2.24) is 4.98 Å². The Morgan fingerprint density at radius 2 is 1.61 bits per heavy atom. The van der Waals surface area contributed by atoms with Crippen LogP contribution in [0.1, 0.15) is 11.1 Å². The molecule has 0 aliphatic heterocycles. The molecule has 2 aromatic rings. The van der Waals surface area contributed by atoms with Crippen LogP contribution in [0.4, 0.5) is 0 Å². The van der Waals surface area contributed by atoms with Crippen molar-refractivity contribution >= 4 is 0 Å². The highest BCUT2D eigenvalue weighted by Crippen LogP contribution is 2.29. The summed E-state index contributed by atoms with van der Waals surface area (Å²) in [6, 6.07) is 8.24. The van der Waals surface area contributed by atoms with E-state index in [0.717, 1.165) is 22.4 Å². The molecule has 3 heteroatoms. The molecular weight excluding hydrogens is 226 g/mol. The van der Waals surface area contributed by atoms with Gasteiger partial charge in [0.25, 0.3) is 0 Å². The molecule has 0 saturated carbocycles. The van der Waals surface area contributed by atoms with Gasteiger partial charge in [-0.2, -0.15) is 0 Å². The minimum atomic E-state index is 0.274. The van der Waals surface area contributed by atoms with Gasteiger partial charge < -0.3 is 9.47 Å². The Labute approximate surface area is 107 Å². The fraction of sp³-hybridized carbons (Fsp3) is 0.267. The number of pyridine rings is 1. The predicted octanol–water partition coefficient (Wildman–Crippen LogP) is 3.35. The Bertz CT molecular complexity index is 500. The van der Waals surface area contributed by atoms with E-state index in [1.807, 2.05) is 26.0 Å². The predicted molar refractivity (Wildman–Crippen MR) is 71.7 cm³/mol. The summed E-state index contributed by atoms with van der Waals surface area (Å²) in [6.45, 7) is 4.36. The number of hydrogen-bond acceptors (Lipinski definition) is 3. The first-order valence-electron chi connectivity index (χ1n) is 5.85. The van der Waals surface area contributed by atoms with Gasteiger partial charge in [0, 0.05) is 19.5 Å². The van der Waals surface area contributed by atoms with E-state index in [1.54, 1.807) is 19.5 Å². The van der Waals surface area contributed by atoms with Gasteiger partial charge in [0.2, 0.25) is 0 Å². The van der Waals surface area contributed by atoms with Crippen molar-refractivity contribution in [3.63, 3.8) is 0 Å². The van der Waals surface area contributed by atoms with Gasteiger partial charge in [0.1, 0.15) is 5.75 Å². The first-order chi connectivity index (χ1) is 8.72. The van der Waals surface area contributed by atoms with Crippen LogP contribution in [-0.2, 0) is 4.74 Å². The lowest BCUT2D eigenvalue weighted by atomic mass is 10.0. The molecule has 0 bridgehead atoms. The zero-order chi connectivity index (χ0) is 13.0. The lowest BCUT2D eigenvalue weighted by Crippen LogP contribution is -2.02. The summed E-state index contributed by atoms with van der Waals surface area (Å²) < 4.78 is 10.5. The maximum atomic E-state index is 5.57. The Kier molecular flexibility index (Phi) is 3.95. The number of hydrogen-bond donors (Lipinski definition) is 0. The highest BCUT2D eigenvalue weighted by Gasteiger charge is 2.07. The molecule has 0 unspecified atom stereocenters. The molecule has 0 saturated heterocycles. The first-order valence-corrected chi connectivity index (χ1v) is 5.85. The lowest BCUT2D eigenvalue weighted by molar-refractivity contribution is 0.0501. The van der Waals surface area contributed by atoms with Crippen molar-refractivity contribution in [2.24, 2.45) is 0 Å². The molecular formula is C15H17NO2. The molecule has 0 aliphatic carbocycles. The molecule has 1 aromatic carbocycles. The Morgan fingerprint density at radius 3 is 2.17 bits per heavy atom. The fourth-order valence-corrected chi connectivity index (χ4v) is 2.01. The molecule has 0 N–H and O–H groups in total. The van der Waals surface area contributed by atoms with Crippen LogP contribution in [-0.4, -0.2) is 18.9 Å². The summed E-state index contributed by atoms with van der Waals surface area (Å²) in [5, 5.41) is 0.